The van der Waals surface area contributed by atoms with E-state index in [1.54, 1.807) is 11.3 Å². The molecule has 96 valence electrons. The van der Waals surface area contributed by atoms with Gasteiger partial charge >= 0.3 is 0 Å². The van der Waals surface area contributed by atoms with Crippen molar-refractivity contribution in [1.29, 1.82) is 0 Å². The first-order valence-electron chi connectivity index (χ1n) is 6.09. The number of amides is 1. The molecule has 4 heteroatoms. The number of thiophene rings is 1. The van der Waals surface area contributed by atoms with E-state index in [9.17, 15) is 4.79 Å². The summed E-state index contributed by atoms with van der Waals surface area (Å²) in [7, 11) is 0. The largest absolute Gasteiger partial charge is 0.396 e. The fourth-order valence-electron chi connectivity index (χ4n) is 1.75. The molecular weight excluding hydrogens is 234 g/mol. The lowest BCUT2D eigenvalue weighted by molar-refractivity contribution is 0.0940. The lowest BCUT2D eigenvalue weighted by atomic mass is 10.2. The zero-order valence-corrected chi connectivity index (χ0v) is 11.6. The highest BCUT2D eigenvalue weighted by Gasteiger charge is 2.13. The zero-order chi connectivity index (χ0) is 12.8. The third-order valence-electron chi connectivity index (χ3n) is 2.80. The van der Waals surface area contributed by atoms with Crippen LogP contribution in [0, 0.1) is 6.92 Å². The second kappa shape index (κ2) is 6.77. The summed E-state index contributed by atoms with van der Waals surface area (Å²) >= 11 is 1.55. The first-order chi connectivity index (χ1) is 8.08. The molecule has 1 unspecified atom stereocenters. The highest BCUT2D eigenvalue weighted by molar-refractivity contribution is 7.14. The first kappa shape index (κ1) is 14.2. The first-order valence-corrected chi connectivity index (χ1v) is 6.91. The minimum Gasteiger partial charge on any atom is -0.396 e. The van der Waals surface area contributed by atoms with Crippen LogP contribution in [0.3, 0.4) is 0 Å². The lowest BCUT2D eigenvalue weighted by Gasteiger charge is -2.11. The second-order valence-corrected chi connectivity index (χ2v) is 5.54. The van der Waals surface area contributed by atoms with Crippen LogP contribution < -0.4 is 5.32 Å². The number of aryl methyl sites for hydroxylation is 2. The van der Waals surface area contributed by atoms with E-state index in [4.69, 9.17) is 5.11 Å². The third-order valence-corrected chi connectivity index (χ3v) is 3.89. The van der Waals surface area contributed by atoms with Gasteiger partial charge in [-0.05, 0) is 44.7 Å². The number of aliphatic hydroxyl groups is 1. The average Bonchev–Trinajstić information content (AvgIpc) is 2.68. The summed E-state index contributed by atoms with van der Waals surface area (Å²) in [6.07, 6.45) is 2.51. The van der Waals surface area contributed by atoms with Gasteiger partial charge in [-0.15, -0.1) is 11.3 Å². The Bertz CT molecular complexity index is 373. The maximum Gasteiger partial charge on any atom is 0.261 e. The standard InChI is InChI=1S/C13H21NO2S/c1-4-11-8-12(17-10(11)3)13(16)14-9(2)6-5-7-15/h8-9,15H,4-7H2,1-3H3,(H,14,16). The summed E-state index contributed by atoms with van der Waals surface area (Å²) in [5.41, 5.74) is 1.25. The van der Waals surface area contributed by atoms with Crippen molar-refractivity contribution >= 4 is 17.2 Å². The monoisotopic (exact) mass is 255 g/mol. The van der Waals surface area contributed by atoms with Gasteiger partial charge in [-0.1, -0.05) is 6.92 Å². The van der Waals surface area contributed by atoms with E-state index in [-0.39, 0.29) is 18.6 Å². The van der Waals surface area contributed by atoms with Gasteiger partial charge in [0.1, 0.15) is 0 Å². The molecule has 17 heavy (non-hydrogen) atoms. The Hall–Kier alpha value is -0.870. The predicted octanol–water partition coefficient (Wildman–Crippen LogP) is 2.51. The van der Waals surface area contributed by atoms with Crippen LogP contribution >= 0.6 is 11.3 Å². The molecule has 0 spiro atoms. The Morgan fingerprint density at radius 3 is 2.82 bits per heavy atom. The minimum atomic E-state index is 0.00300. The third kappa shape index (κ3) is 4.13. The Labute approximate surface area is 107 Å². The maximum atomic E-state index is 11.9. The second-order valence-electron chi connectivity index (χ2n) is 4.29. The summed E-state index contributed by atoms with van der Waals surface area (Å²) in [6.45, 7) is 6.29. The van der Waals surface area contributed by atoms with Gasteiger partial charge in [0.25, 0.3) is 5.91 Å². The normalized spacial score (nSPS) is 12.5. The zero-order valence-electron chi connectivity index (χ0n) is 10.7. The smallest absolute Gasteiger partial charge is 0.261 e. The molecule has 0 aromatic carbocycles. The molecule has 0 aliphatic heterocycles. The number of aliphatic hydroxyl groups excluding tert-OH is 1. The highest BCUT2D eigenvalue weighted by Crippen LogP contribution is 2.22. The summed E-state index contributed by atoms with van der Waals surface area (Å²) < 4.78 is 0. The number of rotatable bonds is 6. The van der Waals surface area contributed by atoms with Crippen LogP contribution in [0.2, 0.25) is 0 Å². The van der Waals surface area contributed by atoms with Crippen LogP contribution in [0.15, 0.2) is 6.07 Å². The molecule has 1 atom stereocenters. The predicted molar refractivity (Wildman–Crippen MR) is 71.7 cm³/mol. The van der Waals surface area contributed by atoms with Gasteiger partial charge in [0.2, 0.25) is 0 Å². The molecule has 1 rings (SSSR count). The Balaban J connectivity index is 2.57. The molecule has 0 bridgehead atoms. The number of hydrogen-bond acceptors (Lipinski definition) is 3. The molecule has 1 aromatic heterocycles. The van der Waals surface area contributed by atoms with Crippen LogP contribution in [0.5, 0.6) is 0 Å². The van der Waals surface area contributed by atoms with E-state index in [0.717, 1.165) is 24.1 Å². The van der Waals surface area contributed by atoms with Gasteiger partial charge in [-0.2, -0.15) is 0 Å². The number of carbonyl (C=O) groups excluding carboxylic acids is 1. The van der Waals surface area contributed by atoms with Crippen molar-refractivity contribution in [1.82, 2.24) is 5.32 Å². The quantitative estimate of drug-likeness (QED) is 0.820. The highest BCUT2D eigenvalue weighted by atomic mass is 32.1. The molecular formula is C13H21NO2S. The number of carbonyl (C=O) groups is 1. The lowest BCUT2D eigenvalue weighted by Crippen LogP contribution is -2.32. The van der Waals surface area contributed by atoms with E-state index < -0.39 is 0 Å². The van der Waals surface area contributed by atoms with Crippen molar-refractivity contribution in [3.8, 4) is 0 Å². The molecule has 0 saturated carbocycles. The van der Waals surface area contributed by atoms with Crippen LogP contribution in [-0.2, 0) is 6.42 Å². The summed E-state index contributed by atoms with van der Waals surface area (Å²) in [5, 5.41) is 11.7. The summed E-state index contributed by atoms with van der Waals surface area (Å²) in [4.78, 5) is 13.9. The van der Waals surface area contributed by atoms with Crippen LogP contribution in [0.4, 0.5) is 0 Å². The van der Waals surface area contributed by atoms with Crippen molar-refractivity contribution < 1.29 is 9.90 Å². The van der Waals surface area contributed by atoms with Gasteiger partial charge in [0.15, 0.2) is 0 Å². The van der Waals surface area contributed by atoms with Gasteiger partial charge in [-0.3, -0.25) is 4.79 Å². The van der Waals surface area contributed by atoms with Crippen LogP contribution in [0.25, 0.3) is 0 Å². The Kier molecular flexibility index (Phi) is 5.65. The SMILES string of the molecule is CCc1cc(C(=O)NC(C)CCCO)sc1C. The fraction of sp³-hybridized carbons (Fsp3) is 0.615. The molecule has 1 heterocycles. The molecule has 0 saturated heterocycles. The van der Waals surface area contributed by atoms with Crippen molar-refractivity contribution in [3.63, 3.8) is 0 Å². The van der Waals surface area contributed by atoms with E-state index >= 15 is 0 Å². The summed E-state index contributed by atoms with van der Waals surface area (Å²) in [6, 6.07) is 2.09. The average molecular weight is 255 g/mol. The molecule has 1 amide bonds. The Morgan fingerprint density at radius 1 is 1.59 bits per heavy atom. The number of nitrogens with one attached hydrogen (secondary N) is 1. The van der Waals surface area contributed by atoms with Gasteiger partial charge in [-0.25, -0.2) is 0 Å². The van der Waals surface area contributed by atoms with E-state index in [2.05, 4.69) is 19.2 Å². The van der Waals surface area contributed by atoms with Crippen LogP contribution in [-0.4, -0.2) is 23.7 Å². The van der Waals surface area contributed by atoms with Crippen molar-refractivity contribution in [2.24, 2.45) is 0 Å². The fourth-order valence-corrected chi connectivity index (χ4v) is 2.76. The van der Waals surface area contributed by atoms with Gasteiger partial charge in [0.05, 0.1) is 4.88 Å². The van der Waals surface area contributed by atoms with Crippen molar-refractivity contribution in [2.75, 3.05) is 6.61 Å². The number of hydrogen-bond donors (Lipinski definition) is 2. The molecule has 1 aromatic rings. The molecule has 3 nitrogen and oxygen atoms in total. The van der Waals surface area contributed by atoms with Gasteiger partial charge in [0, 0.05) is 17.5 Å². The maximum absolute atomic E-state index is 11.9. The van der Waals surface area contributed by atoms with Crippen molar-refractivity contribution in [2.45, 2.75) is 46.1 Å². The van der Waals surface area contributed by atoms with Gasteiger partial charge < -0.3 is 10.4 Å². The molecule has 0 fully saturated rings. The van der Waals surface area contributed by atoms with Crippen molar-refractivity contribution in [3.05, 3.63) is 21.4 Å². The molecule has 0 radical (unpaired) electrons. The van der Waals surface area contributed by atoms with Crippen LogP contribution in [0.1, 0.15) is 46.8 Å². The van der Waals surface area contributed by atoms with E-state index in [1.807, 2.05) is 13.0 Å². The topological polar surface area (TPSA) is 49.3 Å². The molecule has 0 aliphatic rings. The van der Waals surface area contributed by atoms with E-state index in [0.29, 0.717) is 0 Å². The molecule has 2 N–H and O–H groups in total. The molecule has 0 aliphatic carbocycles. The Morgan fingerprint density at radius 2 is 2.29 bits per heavy atom. The summed E-state index contributed by atoms with van der Waals surface area (Å²) in [5.74, 6) is 0.00300. The van der Waals surface area contributed by atoms with E-state index in [1.165, 1.54) is 10.4 Å². The minimum absolute atomic E-state index is 0.00300.